The van der Waals surface area contributed by atoms with Gasteiger partial charge in [-0.05, 0) is 25.2 Å². The van der Waals surface area contributed by atoms with E-state index in [9.17, 15) is 4.39 Å². The van der Waals surface area contributed by atoms with Gasteiger partial charge in [-0.15, -0.1) is 0 Å². The molecule has 114 valence electrons. The molecule has 1 atom stereocenters. The Morgan fingerprint density at radius 3 is 3.09 bits per heavy atom. The van der Waals surface area contributed by atoms with E-state index in [0.29, 0.717) is 11.6 Å². The number of anilines is 1. The number of piperidine rings is 1. The first-order valence-corrected chi connectivity index (χ1v) is 8.33. The van der Waals surface area contributed by atoms with Gasteiger partial charge in [-0.2, -0.15) is 5.26 Å². The van der Waals surface area contributed by atoms with E-state index in [4.69, 9.17) is 5.26 Å². The minimum Gasteiger partial charge on any atom is -0.354 e. The molecule has 0 amide bonds. The van der Waals surface area contributed by atoms with Crippen LogP contribution in [0.1, 0.15) is 18.4 Å². The molecular formula is C15H16FN5S. The predicted molar refractivity (Wildman–Crippen MR) is 86.1 cm³/mol. The van der Waals surface area contributed by atoms with Gasteiger partial charge in [-0.25, -0.2) is 14.4 Å². The van der Waals surface area contributed by atoms with Crippen LogP contribution >= 0.6 is 11.9 Å². The van der Waals surface area contributed by atoms with Crippen molar-refractivity contribution >= 4 is 28.7 Å². The van der Waals surface area contributed by atoms with Crippen molar-refractivity contribution in [1.82, 2.24) is 14.7 Å². The zero-order valence-corrected chi connectivity index (χ0v) is 13.0. The SMILES string of the molecule is CSNC1CCCN(c2ncnc3cc(F)c(C#N)cc23)C1. The number of nitriles is 1. The number of nitrogens with one attached hydrogen (secondary N) is 1. The highest BCUT2D eigenvalue weighted by Gasteiger charge is 2.22. The van der Waals surface area contributed by atoms with E-state index >= 15 is 0 Å². The maximum atomic E-state index is 13.7. The van der Waals surface area contributed by atoms with Crippen molar-refractivity contribution in [3.63, 3.8) is 0 Å². The summed E-state index contributed by atoms with van der Waals surface area (Å²) in [4.78, 5) is 10.7. The first-order chi connectivity index (χ1) is 10.7. The Kier molecular flexibility index (Phi) is 4.41. The van der Waals surface area contributed by atoms with Gasteiger partial charge in [0, 0.05) is 30.6 Å². The molecule has 1 fully saturated rings. The summed E-state index contributed by atoms with van der Waals surface area (Å²) in [6.07, 6.45) is 5.66. The molecule has 0 bridgehead atoms. The fourth-order valence-electron chi connectivity index (χ4n) is 2.83. The normalized spacial score (nSPS) is 18.4. The van der Waals surface area contributed by atoms with Crippen molar-refractivity contribution < 1.29 is 4.39 Å². The Labute approximate surface area is 132 Å². The molecule has 1 aromatic heterocycles. The molecule has 22 heavy (non-hydrogen) atoms. The van der Waals surface area contributed by atoms with E-state index in [1.807, 2.05) is 12.3 Å². The monoisotopic (exact) mass is 317 g/mol. The molecule has 0 spiro atoms. The fraction of sp³-hybridized carbons (Fsp3) is 0.400. The summed E-state index contributed by atoms with van der Waals surface area (Å²) in [5.41, 5.74) is 0.556. The van der Waals surface area contributed by atoms with E-state index in [-0.39, 0.29) is 5.56 Å². The van der Waals surface area contributed by atoms with Gasteiger partial charge in [-0.1, -0.05) is 11.9 Å². The highest BCUT2D eigenvalue weighted by Crippen LogP contribution is 2.27. The van der Waals surface area contributed by atoms with Gasteiger partial charge in [0.05, 0.1) is 11.1 Å². The molecule has 0 saturated carbocycles. The number of hydrogen-bond acceptors (Lipinski definition) is 6. The highest BCUT2D eigenvalue weighted by molar-refractivity contribution is 7.96. The molecule has 1 saturated heterocycles. The summed E-state index contributed by atoms with van der Waals surface area (Å²) >= 11 is 1.61. The van der Waals surface area contributed by atoms with Gasteiger partial charge in [-0.3, -0.25) is 4.72 Å². The zero-order chi connectivity index (χ0) is 15.5. The van der Waals surface area contributed by atoms with Crippen LogP contribution in [0.2, 0.25) is 0 Å². The molecule has 2 heterocycles. The van der Waals surface area contributed by atoms with Crippen molar-refractivity contribution in [2.45, 2.75) is 18.9 Å². The second-order valence-electron chi connectivity index (χ2n) is 5.27. The average molecular weight is 317 g/mol. The number of benzene rings is 1. The molecule has 0 aliphatic carbocycles. The molecule has 0 radical (unpaired) electrons. The van der Waals surface area contributed by atoms with Gasteiger partial charge in [0.25, 0.3) is 0 Å². The van der Waals surface area contributed by atoms with Crippen LogP contribution in [0, 0.1) is 17.1 Å². The molecule has 1 N–H and O–H groups in total. The number of rotatable bonds is 3. The summed E-state index contributed by atoms with van der Waals surface area (Å²) in [5.74, 6) is 0.231. The molecule has 1 aliphatic heterocycles. The molecule has 7 heteroatoms. The van der Waals surface area contributed by atoms with Crippen molar-refractivity contribution in [2.24, 2.45) is 0 Å². The molecule has 3 rings (SSSR count). The van der Waals surface area contributed by atoms with E-state index in [2.05, 4.69) is 19.6 Å². The molecule has 1 aromatic carbocycles. The average Bonchev–Trinajstić information content (AvgIpc) is 2.54. The number of halogens is 1. The maximum absolute atomic E-state index is 13.7. The van der Waals surface area contributed by atoms with Crippen LogP contribution in [0.5, 0.6) is 0 Å². The third-order valence-corrected chi connectivity index (χ3v) is 4.40. The Bertz CT molecular complexity index is 728. The van der Waals surface area contributed by atoms with E-state index in [1.54, 1.807) is 18.0 Å². The molecule has 2 aromatic rings. The number of fused-ring (bicyclic) bond motifs is 1. The van der Waals surface area contributed by atoms with Crippen LogP contribution in [0.3, 0.4) is 0 Å². The van der Waals surface area contributed by atoms with Crippen LogP contribution in [0.15, 0.2) is 18.5 Å². The van der Waals surface area contributed by atoms with Crippen LogP contribution in [-0.2, 0) is 0 Å². The topological polar surface area (TPSA) is 64.8 Å². The number of nitrogens with zero attached hydrogens (tertiary/aromatic N) is 4. The Morgan fingerprint density at radius 1 is 1.45 bits per heavy atom. The highest BCUT2D eigenvalue weighted by atomic mass is 32.2. The van der Waals surface area contributed by atoms with E-state index in [1.165, 1.54) is 12.4 Å². The largest absolute Gasteiger partial charge is 0.354 e. The summed E-state index contributed by atoms with van der Waals surface area (Å²) < 4.78 is 17.1. The third kappa shape index (κ3) is 2.85. The Morgan fingerprint density at radius 2 is 2.32 bits per heavy atom. The van der Waals surface area contributed by atoms with Crippen LogP contribution < -0.4 is 9.62 Å². The predicted octanol–water partition coefficient (Wildman–Crippen LogP) is 2.48. The molecular weight excluding hydrogens is 301 g/mol. The first-order valence-electron chi connectivity index (χ1n) is 7.10. The zero-order valence-electron chi connectivity index (χ0n) is 12.2. The molecule has 1 unspecified atom stereocenters. The summed E-state index contributed by atoms with van der Waals surface area (Å²) in [6, 6.07) is 5.13. The smallest absolute Gasteiger partial charge is 0.143 e. The number of aromatic nitrogens is 2. The van der Waals surface area contributed by atoms with Crippen molar-refractivity contribution in [1.29, 1.82) is 5.26 Å². The van der Waals surface area contributed by atoms with Gasteiger partial charge >= 0.3 is 0 Å². The van der Waals surface area contributed by atoms with Crippen molar-refractivity contribution in [3.8, 4) is 6.07 Å². The lowest BCUT2D eigenvalue weighted by Gasteiger charge is -2.34. The number of hydrogen-bond donors (Lipinski definition) is 1. The fourth-order valence-corrected chi connectivity index (χ4v) is 3.36. The van der Waals surface area contributed by atoms with Gasteiger partial charge < -0.3 is 4.90 Å². The first kappa shape index (κ1) is 15.0. The second kappa shape index (κ2) is 6.46. The van der Waals surface area contributed by atoms with Crippen LogP contribution in [-0.4, -0.2) is 35.4 Å². The lowest BCUT2D eigenvalue weighted by molar-refractivity contribution is 0.483. The minimum atomic E-state index is -0.541. The van der Waals surface area contributed by atoms with Gasteiger partial charge in [0.2, 0.25) is 0 Å². The lowest BCUT2D eigenvalue weighted by Crippen LogP contribution is -2.44. The van der Waals surface area contributed by atoms with Gasteiger partial charge in [0.15, 0.2) is 0 Å². The molecule has 5 nitrogen and oxygen atoms in total. The standard InChI is InChI=1S/C15H16FN5S/c1-22-20-11-3-2-4-21(8-11)15-12-5-10(7-17)13(16)6-14(12)18-9-19-15/h5-6,9,11,20H,2-4,8H2,1H3. The Balaban J connectivity index is 2.01. The molecule has 1 aliphatic rings. The van der Waals surface area contributed by atoms with Crippen molar-refractivity contribution in [3.05, 3.63) is 29.8 Å². The van der Waals surface area contributed by atoms with Crippen LogP contribution in [0.4, 0.5) is 10.2 Å². The maximum Gasteiger partial charge on any atom is 0.143 e. The van der Waals surface area contributed by atoms with Crippen molar-refractivity contribution in [2.75, 3.05) is 24.2 Å². The van der Waals surface area contributed by atoms with E-state index < -0.39 is 5.82 Å². The van der Waals surface area contributed by atoms with Crippen LogP contribution in [0.25, 0.3) is 10.9 Å². The third-order valence-electron chi connectivity index (χ3n) is 3.83. The summed E-state index contributed by atoms with van der Waals surface area (Å²) in [7, 11) is 0. The second-order valence-corrected chi connectivity index (χ2v) is 5.91. The summed E-state index contributed by atoms with van der Waals surface area (Å²) in [5, 5.41) is 9.76. The van der Waals surface area contributed by atoms with E-state index in [0.717, 1.165) is 37.1 Å². The summed E-state index contributed by atoms with van der Waals surface area (Å²) in [6.45, 7) is 1.74. The Hall–Kier alpha value is -1.91. The minimum absolute atomic E-state index is 0.0272. The van der Waals surface area contributed by atoms with Gasteiger partial charge in [0.1, 0.15) is 24.0 Å². The quantitative estimate of drug-likeness (QED) is 0.877. The lowest BCUT2D eigenvalue weighted by atomic mass is 10.1.